The van der Waals surface area contributed by atoms with E-state index < -0.39 is 9.84 Å². The summed E-state index contributed by atoms with van der Waals surface area (Å²) in [6.45, 7) is 2.55. The van der Waals surface area contributed by atoms with Crippen LogP contribution in [0.3, 0.4) is 0 Å². The average Bonchev–Trinajstić information content (AvgIpc) is 2.60. The standard InChI is InChI=1S/C16H22N2O5S.ClH/c19-16(18-12-2-1-6-17-11-12)5-9-24(20,21)13-3-4-14-15(10-13)23-8-7-22-14;/h3-4,10,12,17H,1-2,5-9,11H2,(H,18,19);1H/t12-;/m0./s1. The van der Waals surface area contributed by atoms with Crippen molar-refractivity contribution in [2.45, 2.75) is 30.2 Å². The smallest absolute Gasteiger partial charge is 0.221 e. The molecule has 0 aromatic heterocycles. The SMILES string of the molecule is Cl.O=C(CCS(=O)(=O)c1ccc2c(c1)OCCO2)N[C@H]1CCCNC1. The molecule has 2 aliphatic heterocycles. The number of rotatable bonds is 5. The van der Waals surface area contributed by atoms with Crippen LogP contribution < -0.4 is 20.1 Å². The number of sulfone groups is 1. The van der Waals surface area contributed by atoms with Crippen LogP contribution in [0.5, 0.6) is 11.5 Å². The molecule has 2 aliphatic rings. The van der Waals surface area contributed by atoms with Gasteiger partial charge in [0.1, 0.15) is 13.2 Å². The van der Waals surface area contributed by atoms with E-state index in [9.17, 15) is 13.2 Å². The maximum absolute atomic E-state index is 12.4. The molecule has 1 atom stereocenters. The van der Waals surface area contributed by atoms with Gasteiger partial charge in [0.2, 0.25) is 5.91 Å². The Hall–Kier alpha value is -1.51. The van der Waals surface area contributed by atoms with Crippen LogP contribution >= 0.6 is 12.4 Å². The summed E-state index contributed by atoms with van der Waals surface area (Å²) in [6, 6.07) is 4.64. The first-order valence-electron chi connectivity index (χ1n) is 8.17. The summed E-state index contributed by atoms with van der Waals surface area (Å²) in [7, 11) is -3.54. The predicted molar refractivity (Wildman–Crippen MR) is 95.4 cm³/mol. The summed E-state index contributed by atoms with van der Waals surface area (Å²) in [6.07, 6.45) is 1.89. The largest absolute Gasteiger partial charge is 0.486 e. The molecule has 1 amide bonds. The highest BCUT2D eigenvalue weighted by Gasteiger charge is 2.22. The molecule has 1 saturated heterocycles. The van der Waals surface area contributed by atoms with Crippen molar-refractivity contribution >= 4 is 28.2 Å². The molecule has 25 heavy (non-hydrogen) atoms. The molecule has 2 N–H and O–H groups in total. The number of benzene rings is 1. The van der Waals surface area contributed by atoms with Crippen LogP contribution in [0.4, 0.5) is 0 Å². The minimum Gasteiger partial charge on any atom is -0.486 e. The topological polar surface area (TPSA) is 93.7 Å². The number of hydrogen-bond donors (Lipinski definition) is 2. The summed E-state index contributed by atoms with van der Waals surface area (Å²) < 4.78 is 35.6. The van der Waals surface area contributed by atoms with Crippen molar-refractivity contribution in [2.75, 3.05) is 32.1 Å². The number of carbonyl (C=O) groups excluding carboxylic acids is 1. The number of ether oxygens (including phenoxy) is 2. The second-order valence-corrected chi connectivity index (χ2v) is 8.09. The molecule has 1 aromatic carbocycles. The fourth-order valence-corrected chi connectivity index (χ4v) is 4.09. The van der Waals surface area contributed by atoms with Gasteiger partial charge in [-0.05, 0) is 31.5 Å². The second kappa shape index (κ2) is 8.73. The Morgan fingerprint density at radius 3 is 2.72 bits per heavy atom. The monoisotopic (exact) mass is 390 g/mol. The van der Waals surface area contributed by atoms with E-state index >= 15 is 0 Å². The first-order chi connectivity index (χ1) is 11.5. The molecule has 2 heterocycles. The molecule has 0 radical (unpaired) electrons. The third-order valence-electron chi connectivity index (χ3n) is 4.13. The quantitative estimate of drug-likeness (QED) is 0.776. The third-order valence-corrected chi connectivity index (χ3v) is 5.85. The fourth-order valence-electron chi connectivity index (χ4n) is 2.84. The molecule has 1 fully saturated rings. The lowest BCUT2D eigenvalue weighted by Crippen LogP contribution is -2.45. The average molecular weight is 391 g/mol. The Morgan fingerprint density at radius 2 is 2.00 bits per heavy atom. The zero-order valence-corrected chi connectivity index (χ0v) is 15.5. The van der Waals surface area contributed by atoms with Gasteiger partial charge in [-0.25, -0.2) is 8.42 Å². The molecule has 0 aliphatic carbocycles. The Labute approximate surface area is 153 Å². The van der Waals surface area contributed by atoms with Crippen molar-refractivity contribution < 1.29 is 22.7 Å². The van der Waals surface area contributed by atoms with Crippen molar-refractivity contribution in [2.24, 2.45) is 0 Å². The lowest BCUT2D eigenvalue weighted by atomic mass is 10.1. The van der Waals surface area contributed by atoms with Crippen molar-refractivity contribution in [3.63, 3.8) is 0 Å². The number of fused-ring (bicyclic) bond motifs is 1. The van der Waals surface area contributed by atoms with Crippen LogP contribution in [-0.4, -0.2) is 52.4 Å². The molecule has 0 bridgehead atoms. The summed E-state index contributed by atoms with van der Waals surface area (Å²) in [5, 5.41) is 6.09. The Morgan fingerprint density at radius 1 is 1.24 bits per heavy atom. The molecule has 140 valence electrons. The van der Waals surface area contributed by atoms with Crippen molar-refractivity contribution in [3.05, 3.63) is 18.2 Å². The Kier molecular flexibility index (Phi) is 6.92. The zero-order valence-electron chi connectivity index (χ0n) is 13.8. The number of piperidine rings is 1. The first-order valence-corrected chi connectivity index (χ1v) is 9.82. The van der Waals surface area contributed by atoms with E-state index in [0.717, 1.165) is 25.9 Å². The van der Waals surface area contributed by atoms with Crippen LogP contribution in [0.25, 0.3) is 0 Å². The van der Waals surface area contributed by atoms with Gasteiger partial charge in [0, 0.05) is 25.1 Å². The van der Waals surface area contributed by atoms with Gasteiger partial charge < -0.3 is 20.1 Å². The van der Waals surface area contributed by atoms with Gasteiger partial charge in [0.25, 0.3) is 0 Å². The lowest BCUT2D eigenvalue weighted by molar-refractivity contribution is -0.121. The number of halogens is 1. The summed E-state index contributed by atoms with van der Waals surface area (Å²) in [5.41, 5.74) is 0. The van der Waals surface area contributed by atoms with Crippen molar-refractivity contribution in [1.82, 2.24) is 10.6 Å². The molecule has 0 saturated carbocycles. The maximum Gasteiger partial charge on any atom is 0.221 e. The minimum absolute atomic E-state index is 0. The number of nitrogens with one attached hydrogen (secondary N) is 2. The fraction of sp³-hybridized carbons (Fsp3) is 0.562. The molecule has 3 rings (SSSR count). The van der Waals surface area contributed by atoms with Crippen LogP contribution in [0.2, 0.25) is 0 Å². The molecular formula is C16H23ClN2O5S. The molecular weight excluding hydrogens is 368 g/mol. The van der Waals surface area contributed by atoms with Crippen LogP contribution in [0, 0.1) is 0 Å². The summed E-state index contributed by atoms with van der Waals surface area (Å²) in [4.78, 5) is 12.1. The van der Waals surface area contributed by atoms with Crippen molar-refractivity contribution in [1.29, 1.82) is 0 Å². The van der Waals surface area contributed by atoms with E-state index in [-0.39, 0.29) is 41.4 Å². The van der Waals surface area contributed by atoms with Crippen LogP contribution in [-0.2, 0) is 14.6 Å². The van der Waals surface area contributed by atoms with Gasteiger partial charge in [0.05, 0.1) is 10.6 Å². The van der Waals surface area contributed by atoms with E-state index in [2.05, 4.69) is 10.6 Å². The van der Waals surface area contributed by atoms with E-state index in [0.29, 0.717) is 24.7 Å². The minimum atomic E-state index is -3.54. The highest BCUT2D eigenvalue weighted by atomic mass is 35.5. The highest BCUT2D eigenvalue weighted by molar-refractivity contribution is 7.91. The van der Waals surface area contributed by atoms with Gasteiger partial charge in [-0.15, -0.1) is 12.4 Å². The summed E-state index contributed by atoms with van der Waals surface area (Å²) in [5.74, 6) is 0.520. The Balaban J connectivity index is 0.00000225. The highest BCUT2D eigenvalue weighted by Crippen LogP contribution is 2.32. The first kappa shape index (κ1) is 19.8. The molecule has 0 unspecified atom stereocenters. The molecule has 7 nitrogen and oxygen atoms in total. The van der Waals surface area contributed by atoms with E-state index in [1.165, 1.54) is 12.1 Å². The van der Waals surface area contributed by atoms with Gasteiger partial charge >= 0.3 is 0 Å². The van der Waals surface area contributed by atoms with E-state index in [1.807, 2.05) is 0 Å². The number of carbonyl (C=O) groups is 1. The lowest BCUT2D eigenvalue weighted by Gasteiger charge is -2.23. The van der Waals surface area contributed by atoms with E-state index in [4.69, 9.17) is 9.47 Å². The van der Waals surface area contributed by atoms with Crippen molar-refractivity contribution in [3.8, 4) is 11.5 Å². The maximum atomic E-state index is 12.4. The Bertz CT molecular complexity index is 704. The van der Waals surface area contributed by atoms with Gasteiger partial charge in [-0.3, -0.25) is 4.79 Å². The number of hydrogen-bond acceptors (Lipinski definition) is 6. The predicted octanol–water partition coefficient (Wildman–Crippen LogP) is 0.912. The van der Waals surface area contributed by atoms with Gasteiger partial charge in [0.15, 0.2) is 21.3 Å². The van der Waals surface area contributed by atoms with Crippen LogP contribution in [0.15, 0.2) is 23.1 Å². The van der Waals surface area contributed by atoms with Gasteiger partial charge in [-0.2, -0.15) is 0 Å². The molecule has 0 spiro atoms. The molecule has 9 heteroatoms. The zero-order chi connectivity index (χ0) is 17.0. The molecule has 1 aromatic rings. The third kappa shape index (κ3) is 5.23. The van der Waals surface area contributed by atoms with E-state index in [1.54, 1.807) is 6.07 Å². The van der Waals surface area contributed by atoms with Crippen LogP contribution in [0.1, 0.15) is 19.3 Å². The second-order valence-electron chi connectivity index (χ2n) is 5.99. The number of amides is 1. The normalized spacial score (nSPS) is 19.6. The summed E-state index contributed by atoms with van der Waals surface area (Å²) >= 11 is 0. The van der Waals surface area contributed by atoms with Gasteiger partial charge in [-0.1, -0.05) is 0 Å².